The van der Waals surface area contributed by atoms with E-state index in [2.05, 4.69) is 10.3 Å². The van der Waals surface area contributed by atoms with E-state index in [4.69, 9.17) is 5.11 Å². The number of anilines is 1. The highest BCUT2D eigenvalue weighted by Gasteiger charge is 2.38. The third-order valence-electron chi connectivity index (χ3n) is 3.58. The molecule has 0 saturated carbocycles. The minimum Gasteiger partial charge on any atom is -0.481 e. The smallest absolute Gasteiger partial charge is 0.322 e. The molecule has 19 heavy (non-hydrogen) atoms. The third-order valence-corrected chi connectivity index (χ3v) is 3.58. The van der Waals surface area contributed by atoms with E-state index in [1.54, 1.807) is 30.2 Å². The van der Waals surface area contributed by atoms with Crippen molar-refractivity contribution in [3.8, 4) is 0 Å². The van der Waals surface area contributed by atoms with Crippen LogP contribution in [0.1, 0.15) is 19.0 Å². The Kier molecular flexibility index (Phi) is 3.69. The number of pyridine rings is 1. The van der Waals surface area contributed by atoms with Crippen LogP contribution in [-0.4, -0.2) is 39.6 Å². The Morgan fingerprint density at radius 3 is 2.84 bits per heavy atom. The number of aliphatic carboxylic acids is 1. The molecule has 102 valence electrons. The molecule has 6 nitrogen and oxygen atoms in total. The minimum absolute atomic E-state index is 0.271. The fraction of sp³-hybridized carbons (Fsp3) is 0.462. The zero-order chi connectivity index (χ0) is 14.0. The molecule has 1 fully saturated rings. The van der Waals surface area contributed by atoms with Crippen molar-refractivity contribution in [2.24, 2.45) is 5.92 Å². The number of urea groups is 1. The number of carbonyl (C=O) groups excluding carboxylic acids is 1. The summed E-state index contributed by atoms with van der Waals surface area (Å²) in [5.74, 6) is -1.33. The number of aromatic nitrogens is 1. The average molecular weight is 263 g/mol. The molecule has 2 amide bonds. The first-order valence-corrected chi connectivity index (χ1v) is 6.22. The third kappa shape index (κ3) is 2.67. The highest BCUT2D eigenvalue weighted by Crippen LogP contribution is 2.25. The predicted molar refractivity (Wildman–Crippen MR) is 69.9 cm³/mol. The Morgan fingerprint density at radius 1 is 1.53 bits per heavy atom. The second-order valence-corrected chi connectivity index (χ2v) is 4.73. The van der Waals surface area contributed by atoms with Gasteiger partial charge in [-0.05, 0) is 32.4 Å². The largest absolute Gasteiger partial charge is 0.481 e. The number of amides is 2. The van der Waals surface area contributed by atoms with Crippen LogP contribution in [0.4, 0.5) is 10.5 Å². The topological polar surface area (TPSA) is 82.5 Å². The molecule has 6 heteroatoms. The summed E-state index contributed by atoms with van der Waals surface area (Å²) in [4.78, 5) is 28.8. The quantitative estimate of drug-likeness (QED) is 0.851. The number of carboxylic acids is 1. The van der Waals surface area contributed by atoms with Crippen LogP contribution in [-0.2, 0) is 4.79 Å². The standard InChI is InChI=1S/C13H17N3O3/c1-8-11(4-3-6-14-8)15-13(19)16-7-5-10(9(16)2)12(17)18/h3-4,6,9-10H,5,7H2,1-2H3,(H,15,19)(H,17,18). The summed E-state index contributed by atoms with van der Waals surface area (Å²) in [6.45, 7) is 4.04. The summed E-state index contributed by atoms with van der Waals surface area (Å²) in [7, 11) is 0. The van der Waals surface area contributed by atoms with Gasteiger partial charge in [-0.25, -0.2) is 4.79 Å². The fourth-order valence-electron chi connectivity index (χ4n) is 2.36. The molecular weight excluding hydrogens is 246 g/mol. The number of nitrogens with zero attached hydrogens (tertiary/aromatic N) is 2. The molecule has 1 aliphatic rings. The number of carbonyl (C=O) groups is 2. The van der Waals surface area contributed by atoms with E-state index in [0.29, 0.717) is 18.7 Å². The lowest BCUT2D eigenvalue weighted by Gasteiger charge is -2.23. The van der Waals surface area contributed by atoms with Gasteiger partial charge in [0.1, 0.15) is 0 Å². The molecule has 0 aliphatic carbocycles. The molecule has 0 aromatic carbocycles. The van der Waals surface area contributed by atoms with Crippen molar-refractivity contribution in [1.82, 2.24) is 9.88 Å². The Hall–Kier alpha value is -2.11. The lowest BCUT2D eigenvalue weighted by Crippen LogP contribution is -2.40. The molecule has 1 aliphatic heterocycles. The van der Waals surface area contributed by atoms with Crippen LogP contribution >= 0.6 is 0 Å². The maximum atomic E-state index is 12.1. The summed E-state index contributed by atoms with van der Waals surface area (Å²) >= 11 is 0. The van der Waals surface area contributed by atoms with Crippen LogP contribution in [0.5, 0.6) is 0 Å². The first kappa shape index (κ1) is 13.3. The van der Waals surface area contributed by atoms with Crippen molar-refractivity contribution in [1.29, 1.82) is 0 Å². The summed E-state index contributed by atoms with van der Waals surface area (Å²) in [5, 5.41) is 11.8. The summed E-state index contributed by atoms with van der Waals surface area (Å²) in [6, 6.07) is 2.95. The summed E-state index contributed by atoms with van der Waals surface area (Å²) < 4.78 is 0. The van der Waals surface area contributed by atoms with Gasteiger partial charge in [-0.1, -0.05) is 0 Å². The monoisotopic (exact) mass is 263 g/mol. The summed E-state index contributed by atoms with van der Waals surface area (Å²) in [5.41, 5.74) is 1.39. The SMILES string of the molecule is Cc1ncccc1NC(=O)N1CCC(C(=O)O)C1C. The van der Waals surface area contributed by atoms with Crippen LogP contribution in [0.25, 0.3) is 0 Å². The molecule has 2 rings (SSSR count). The number of carboxylic acid groups (broad SMARTS) is 1. The lowest BCUT2D eigenvalue weighted by molar-refractivity contribution is -0.142. The van der Waals surface area contributed by atoms with E-state index in [9.17, 15) is 9.59 Å². The van der Waals surface area contributed by atoms with Crippen molar-refractivity contribution in [3.05, 3.63) is 24.0 Å². The predicted octanol–water partition coefficient (Wildman–Crippen LogP) is 1.72. The van der Waals surface area contributed by atoms with Gasteiger partial charge in [0.15, 0.2) is 0 Å². The Labute approximate surface area is 111 Å². The van der Waals surface area contributed by atoms with Crippen molar-refractivity contribution in [2.75, 3.05) is 11.9 Å². The van der Waals surface area contributed by atoms with Crippen LogP contribution in [0.2, 0.25) is 0 Å². The average Bonchev–Trinajstić information content (AvgIpc) is 2.74. The van der Waals surface area contributed by atoms with Gasteiger partial charge in [-0.2, -0.15) is 0 Å². The molecule has 1 aromatic rings. The van der Waals surface area contributed by atoms with Crippen LogP contribution in [0.15, 0.2) is 18.3 Å². The molecule has 0 bridgehead atoms. The second-order valence-electron chi connectivity index (χ2n) is 4.73. The molecule has 2 atom stereocenters. The van der Waals surface area contributed by atoms with E-state index in [1.165, 1.54) is 0 Å². The number of hydrogen-bond acceptors (Lipinski definition) is 3. The molecule has 1 saturated heterocycles. The number of aryl methyl sites for hydroxylation is 1. The van der Waals surface area contributed by atoms with E-state index in [0.717, 1.165) is 5.69 Å². The van der Waals surface area contributed by atoms with Gasteiger partial charge in [0.25, 0.3) is 0 Å². The van der Waals surface area contributed by atoms with Gasteiger partial charge in [0, 0.05) is 18.8 Å². The minimum atomic E-state index is -0.847. The van der Waals surface area contributed by atoms with Crippen molar-refractivity contribution >= 4 is 17.7 Å². The molecule has 0 spiro atoms. The van der Waals surface area contributed by atoms with Gasteiger partial charge < -0.3 is 15.3 Å². The van der Waals surface area contributed by atoms with Gasteiger partial charge in [0.05, 0.1) is 17.3 Å². The van der Waals surface area contributed by atoms with Crippen molar-refractivity contribution < 1.29 is 14.7 Å². The molecule has 2 N–H and O–H groups in total. The van der Waals surface area contributed by atoms with Crippen LogP contribution in [0.3, 0.4) is 0 Å². The molecule has 2 heterocycles. The number of nitrogens with one attached hydrogen (secondary N) is 1. The number of rotatable bonds is 2. The highest BCUT2D eigenvalue weighted by molar-refractivity contribution is 5.90. The Balaban J connectivity index is 2.06. The maximum absolute atomic E-state index is 12.1. The normalized spacial score (nSPS) is 22.3. The molecule has 1 aromatic heterocycles. The van der Waals surface area contributed by atoms with E-state index in [1.807, 2.05) is 6.92 Å². The van der Waals surface area contributed by atoms with E-state index < -0.39 is 11.9 Å². The number of likely N-dealkylation sites (tertiary alicyclic amines) is 1. The highest BCUT2D eigenvalue weighted by atomic mass is 16.4. The van der Waals surface area contributed by atoms with Gasteiger partial charge >= 0.3 is 12.0 Å². The first-order chi connectivity index (χ1) is 9.00. The Morgan fingerprint density at radius 2 is 2.26 bits per heavy atom. The molecule has 0 radical (unpaired) electrons. The number of hydrogen-bond donors (Lipinski definition) is 2. The van der Waals surface area contributed by atoms with Gasteiger partial charge in [-0.3, -0.25) is 9.78 Å². The van der Waals surface area contributed by atoms with E-state index >= 15 is 0 Å². The lowest BCUT2D eigenvalue weighted by atomic mass is 10.0. The van der Waals surface area contributed by atoms with Crippen molar-refractivity contribution in [2.45, 2.75) is 26.3 Å². The summed E-state index contributed by atoms with van der Waals surface area (Å²) in [6.07, 6.45) is 2.15. The van der Waals surface area contributed by atoms with Gasteiger partial charge in [0.2, 0.25) is 0 Å². The van der Waals surface area contributed by atoms with Gasteiger partial charge in [-0.15, -0.1) is 0 Å². The molecular formula is C13H17N3O3. The van der Waals surface area contributed by atoms with E-state index in [-0.39, 0.29) is 12.1 Å². The van der Waals surface area contributed by atoms with Crippen molar-refractivity contribution in [3.63, 3.8) is 0 Å². The zero-order valence-corrected chi connectivity index (χ0v) is 11.0. The van der Waals surface area contributed by atoms with Crippen LogP contribution in [0, 0.1) is 12.8 Å². The zero-order valence-electron chi connectivity index (χ0n) is 11.0. The fourth-order valence-corrected chi connectivity index (χ4v) is 2.36. The first-order valence-electron chi connectivity index (χ1n) is 6.22. The molecule has 2 unspecified atom stereocenters. The Bertz CT molecular complexity index is 504. The maximum Gasteiger partial charge on any atom is 0.322 e. The second kappa shape index (κ2) is 5.26. The van der Waals surface area contributed by atoms with Crippen LogP contribution < -0.4 is 5.32 Å².